The molecule has 1 rings (SSSR count). The van der Waals surface area contributed by atoms with E-state index in [1.54, 1.807) is 7.11 Å². The monoisotopic (exact) mass is 112 g/mol. The molecule has 0 saturated heterocycles. The smallest absolute Gasteiger partial charge is 0.0496 e. The minimum atomic E-state index is 0.785. The summed E-state index contributed by atoms with van der Waals surface area (Å²) in [6.45, 7) is 4.75. The minimum absolute atomic E-state index is 0.785. The molecule has 1 fully saturated rings. The van der Waals surface area contributed by atoms with Gasteiger partial charge in [0.2, 0.25) is 0 Å². The summed E-state index contributed by atoms with van der Waals surface area (Å²) in [6, 6.07) is 0. The molecule has 0 aromatic heterocycles. The van der Waals surface area contributed by atoms with Gasteiger partial charge in [-0.2, -0.15) is 0 Å². The standard InChI is InChI=1S/C7H12O/c1-6-3-7(4-6)5-8-2/h7H,1,3-5H2,2H3. The van der Waals surface area contributed by atoms with Gasteiger partial charge in [-0.15, -0.1) is 0 Å². The fourth-order valence-electron chi connectivity index (χ4n) is 1.11. The van der Waals surface area contributed by atoms with Crippen molar-refractivity contribution >= 4 is 0 Å². The van der Waals surface area contributed by atoms with Gasteiger partial charge in [-0.1, -0.05) is 12.2 Å². The quantitative estimate of drug-likeness (QED) is 0.493. The summed E-state index contributed by atoms with van der Waals surface area (Å²) in [5.41, 5.74) is 1.38. The molecule has 1 aliphatic carbocycles. The molecule has 0 aliphatic heterocycles. The van der Waals surface area contributed by atoms with E-state index in [-0.39, 0.29) is 0 Å². The second kappa shape index (κ2) is 2.31. The Morgan fingerprint density at radius 1 is 1.75 bits per heavy atom. The van der Waals surface area contributed by atoms with Crippen molar-refractivity contribution in [3.8, 4) is 0 Å². The number of hydrogen-bond donors (Lipinski definition) is 0. The van der Waals surface area contributed by atoms with Crippen LogP contribution in [0, 0.1) is 5.92 Å². The van der Waals surface area contributed by atoms with Crippen LogP contribution in [-0.4, -0.2) is 13.7 Å². The molecule has 8 heavy (non-hydrogen) atoms. The first kappa shape index (κ1) is 5.83. The molecule has 0 spiro atoms. The Labute approximate surface area is 50.3 Å². The third kappa shape index (κ3) is 1.10. The first-order valence-corrected chi connectivity index (χ1v) is 2.98. The highest BCUT2D eigenvalue weighted by Crippen LogP contribution is 2.30. The molecule has 0 radical (unpaired) electrons. The molecule has 1 nitrogen and oxygen atoms in total. The van der Waals surface area contributed by atoms with Gasteiger partial charge in [0, 0.05) is 13.7 Å². The first-order chi connectivity index (χ1) is 3.83. The predicted molar refractivity (Wildman–Crippen MR) is 33.7 cm³/mol. The number of allylic oxidation sites excluding steroid dienone is 1. The van der Waals surface area contributed by atoms with Crippen molar-refractivity contribution in [2.45, 2.75) is 12.8 Å². The van der Waals surface area contributed by atoms with Gasteiger partial charge in [0.1, 0.15) is 0 Å². The molecule has 0 amide bonds. The zero-order chi connectivity index (χ0) is 5.98. The van der Waals surface area contributed by atoms with Crippen molar-refractivity contribution in [3.63, 3.8) is 0 Å². The zero-order valence-corrected chi connectivity index (χ0v) is 5.31. The molecule has 0 unspecified atom stereocenters. The van der Waals surface area contributed by atoms with E-state index in [0.29, 0.717) is 0 Å². The van der Waals surface area contributed by atoms with E-state index < -0.39 is 0 Å². The van der Waals surface area contributed by atoms with Crippen LogP contribution in [-0.2, 0) is 4.74 Å². The first-order valence-electron chi connectivity index (χ1n) is 2.98. The fourth-order valence-corrected chi connectivity index (χ4v) is 1.11. The van der Waals surface area contributed by atoms with Crippen molar-refractivity contribution in [1.82, 2.24) is 0 Å². The lowest BCUT2D eigenvalue weighted by Crippen LogP contribution is -2.18. The lowest BCUT2D eigenvalue weighted by molar-refractivity contribution is 0.134. The van der Waals surface area contributed by atoms with E-state index in [1.807, 2.05) is 0 Å². The van der Waals surface area contributed by atoms with Gasteiger partial charge < -0.3 is 4.74 Å². The Hall–Kier alpha value is -0.300. The van der Waals surface area contributed by atoms with Crippen LogP contribution >= 0.6 is 0 Å². The Kier molecular flexibility index (Phi) is 1.69. The summed E-state index contributed by atoms with van der Waals surface area (Å²) in [4.78, 5) is 0. The second-order valence-electron chi connectivity index (χ2n) is 2.48. The molecule has 0 aromatic carbocycles. The Morgan fingerprint density at radius 3 is 2.75 bits per heavy atom. The molecule has 1 heteroatoms. The number of ether oxygens (including phenoxy) is 1. The summed E-state index contributed by atoms with van der Waals surface area (Å²) < 4.78 is 4.95. The van der Waals surface area contributed by atoms with Crippen LogP contribution in [0.1, 0.15) is 12.8 Å². The summed E-state index contributed by atoms with van der Waals surface area (Å²) in [5.74, 6) is 0.785. The van der Waals surface area contributed by atoms with E-state index in [2.05, 4.69) is 6.58 Å². The van der Waals surface area contributed by atoms with Gasteiger partial charge >= 0.3 is 0 Å². The average Bonchev–Trinajstić information content (AvgIpc) is 1.64. The zero-order valence-electron chi connectivity index (χ0n) is 5.31. The van der Waals surface area contributed by atoms with Crippen LogP contribution in [0.15, 0.2) is 12.2 Å². The van der Waals surface area contributed by atoms with Crippen LogP contribution < -0.4 is 0 Å². The molecule has 0 atom stereocenters. The SMILES string of the molecule is C=C1CC(COC)C1. The van der Waals surface area contributed by atoms with E-state index in [4.69, 9.17) is 4.74 Å². The van der Waals surface area contributed by atoms with Crippen LogP contribution in [0.25, 0.3) is 0 Å². The number of methoxy groups -OCH3 is 1. The Morgan fingerprint density at radius 2 is 2.38 bits per heavy atom. The van der Waals surface area contributed by atoms with Crippen LogP contribution in [0.2, 0.25) is 0 Å². The predicted octanol–water partition coefficient (Wildman–Crippen LogP) is 1.60. The summed E-state index contributed by atoms with van der Waals surface area (Å²) >= 11 is 0. The highest BCUT2D eigenvalue weighted by atomic mass is 16.5. The normalized spacial score (nSPS) is 20.9. The summed E-state index contributed by atoms with van der Waals surface area (Å²) in [5, 5.41) is 0. The lowest BCUT2D eigenvalue weighted by atomic mass is 9.82. The summed E-state index contributed by atoms with van der Waals surface area (Å²) in [7, 11) is 1.75. The second-order valence-corrected chi connectivity index (χ2v) is 2.48. The maximum absolute atomic E-state index is 4.95. The topological polar surface area (TPSA) is 9.23 Å². The van der Waals surface area contributed by atoms with Gasteiger partial charge in [-0.05, 0) is 18.8 Å². The molecule has 1 saturated carbocycles. The fraction of sp³-hybridized carbons (Fsp3) is 0.714. The van der Waals surface area contributed by atoms with E-state index in [0.717, 1.165) is 12.5 Å². The van der Waals surface area contributed by atoms with E-state index >= 15 is 0 Å². The van der Waals surface area contributed by atoms with Gasteiger partial charge in [0.05, 0.1) is 0 Å². The van der Waals surface area contributed by atoms with E-state index in [1.165, 1.54) is 18.4 Å². The highest BCUT2D eigenvalue weighted by Gasteiger charge is 2.20. The van der Waals surface area contributed by atoms with Crippen molar-refractivity contribution in [3.05, 3.63) is 12.2 Å². The van der Waals surface area contributed by atoms with Crippen LogP contribution in [0.4, 0.5) is 0 Å². The third-order valence-corrected chi connectivity index (χ3v) is 1.56. The van der Waals surface area contributed by atoms with Crippen molar-refractivity contribution in [1.29, 1.82) is 0 Å². The molecule has 1 aliphatic rings. The number of hydrogen-bond acceptors (Lipinski definition) is 1. The van der Waals surface area contributed by atoms with Crippen LogP contribution in [0.3, 0.4) is 0 Å². The van der Waals surface area contributed by atoms with E-state index in [9.17, 15) is 0 Å². The largest absolute Gasteiger partial charge is 0.384 e. The van der Waals surface area contributed by atoms with Crippen molar-refractivity contribution in [2.75, 3.05) is 13.7 Å². The average molecular weight is 112 g/mol. The molecular formula is C7H12O. The Bertz CT molecular complexity index is 88.6. The maximum Gasteiger partial charge on any atom is 0.0496 e. The number of rotatable bonds is 2. The van der Waals surface area contributed by atoms with Gasteiger partial charge in [-0.3, -0.25) is 0 Å². The highest BCUT2D eigenvalue weighted by molar-refractivity contribution is 5.07. The molecule has 0 heterocycles. The van der Waals surface area contributed by atoms with Gasteiger partial charge in [0.15, 0.2) is 0 Å². The Balaban J connectivity index is 2.06. The van der Waals surface area contributed by atoms with Crippen molar-refractivity contribution < 1.29 is 4.74 Å². The van der Waals surface area contributed by atoms with Crippen LogP contribution in [0.5, 0.6) is 0 Å². The molecule has 0 N–H and O–H groups in total. The minimum Gasteiger partial charge on any atom is -0.384 e. The third-order valence-electron chi connectivity index (χ3n) is 1.56. The maximum atomic E-state index is 4.95. The van der Waals surface area contributed by atoms with Crippen molar-refractivity contribution in [2.24, 2.45) is 5.92 Å². The van der Waals surface area contributed by atoms with Gasteiger partial charge in [0.25, 0.3) is 0 Å². The molecular weight excluding hydrogens is 100 g/mol. The van der Waals surface area contributed by atoms with Gasteiger partial charge in [-0.25, -0.2) is 0 Å². The molecule has 46 valence electrons. The molecule has 0 bridgehead atoms. The lowest BCUT2D eigenvalue weighted by Gasteiger charge is -2.27. The summed E-state index contributed by atoms with van der Waals surface area (Å²) in [6.07, 6.45) is 2.38. The molecule has 0 aromatic rings.